The van der Waals surface area contributed by atoms with E-state index in [0.29, 0.717) is 6.04 Å². The molecule has 0 aromatic carbocycles. The first-order valence-corrected chi connectivity index (χ1v) is 6.25. The maximum absolute atomic E-state index is 3.76. The number of nitrogens with zero attached hydrogens (tertiary/aromatic N) is 1. The highest BCUT2D eigenvalue weighted by Crippen LogP contribution is 2.15. The van der Waals surface area contributed by atoms with Crippen LogP contribution in [0.25, 0.3) is 0 Å². The van der Waals surface area contributed by atoms with Crippen LogP contribution in [0.1, 0.15) is 32.6 Å². The van der Waals surface area contributed by atoms with E-state index in [2.05, 4.69) is 30.8 Å². The maximum atomic E-state index is 3.76. The monoisotopic (exact) mass is 210 g/mol. The molecule has 0 unspecified atom stereocenters. The minimum Gasteiger partial charge on any atom is -0.314 e. The van der Waals surface area contributed by atoms with Crippen molar-refractivity contribution < 1.29 is 0 Å². The Morgan fingerprint density at radius 2 is 2.13 bits per heavy atom. The van der Waals surface area contributed by atoms with Crippen molar-refractivity contribution in [3.63, 3.8) is 0 Å². The second-order valence-electron chi connectivity index (χ2n) is 4.92. The minimum absolute atomic E-state index is 0.641. The Morgan fingerprint density at radius 1 is 1.47 bits per heavy atom. The van der Waals surface area contributed by atoms with Crippen LogP contribution in [0, 0.1) is 5.92 Å². The lowest BCUT2D eigenvalue weighted by molar-refractivity contribution is 0.213. The van der Waals surface area contributed by atoms with E-state index < -0.39 is 0 Å². The summed E-state index contributed by atoms with van der Waals surface area (Å²) >= 11 is 0. The minimum atomic E-state index is 0.641. The van der Waals surface area contributed by atoms with E-state index >= 15 is 0 Å². The van der Waals surface area contributed by atoms with E-state index in [1.165, 1.54) is 38.9 Å². The predicted molar refractivity (Wildman–Crippen MR) is 67.1 cm³/mol. The van der Waals surface area contributed by atoms with Crippen molar-refractivity contribution in [3.05, 3.63) is 12.7 Å². The first kappa shape index (κ1) is 12.7. The fourth-order valence-corrected chi connectivity index (χ4v) is 2.10. The lowest BCUT2D eigenvalue weighted by Crippen LogP contribution is -2.37. The predicted octanol–water partition coefficient (Wildman–Crippen LogP) is 2.27. The summed E-state index contributed by atoms with van der Waals surface area (Å²) in [5, 5.41) is 3.64. The average Bonchev–Trinajstić information content (AvgIpc) is 2.25. The van der Waals surface area contributed by atoms with Crippen LogP contribution in [0.3, 0.4) is 0 Å². The molecule has 1 heterocycles. The summed E-state index contributed by atoms with van der Waals surface area (Å²) in [5.74, 6) is 0.896. The standard InChI is InChI=1S/C13H26N2/c1-4-5-6-12(2)14-11-13-7-9-15(3)10-8-13/h4,12-14H,1,5-11H2,2-3H3/t12-/m1/s1. The fraction of sp³-hybridized carbons (Fsp3) is 0.846. The summed E-state index contributed by atoms with van der Waals surface area (Å²) < 4.78 is 0. The summed E-state index contributed by atoms with van der Waals surface area (Å²) in [6.45, 7) is 9.78. The van der Waals surface area contributed by atoms with Gasteiger partial charge in [0.15, 0.2) is 0 Å². The first-order chi connectivity index (χ1) is 7.22. The first-order valence-electron chi connectivity index (χ1n) is 6.25. The molecule has 0 amide bonds. The van der Waals surface area contributed by atoms with Crippen molar-refractivity contribution in [1.82, 2.24) is 10.2 Å². The lowest BCUT2D eigenvalue weighted by atomic mass is 9.97. The molecule has 2 heteroatoms. The molecule has 1 aliphatic rings. The van der Waals surface area contributed by atoms with Gasteiger partial charge in [-0.2, -0.15) is 0 Å². The molecule has 0 saturated carbocycles. The highest BCUT2D eigenvalue weighted by atomic mass is 15.1. The average molecular weight is 210 g/mol. The normalized spacial score (nSPS) is 21.5. The molecular weight excluding hydrogens is 184 g/mol. The van der Waals surface area contributed by atoms with Gasteiger partial charge in [0.25, 0.3) is 0 Å². The second-order valence-corrected chi connectivity index (χ2v) is 4.92. The van der Waals surface area contributed by atoms with Crippen LogP contribution in [0.2, 0.25) is 0 Å². The molecule has 15 heavy (non-hydrogen) atoms. The van der Waals surface area contributed by atoms with Crippen LogP contribution in [0.15, 0.2) is 12.7 Å². The zero-order valence-electron chi connectivity index (χ0n) is 10.3. The van der Waals surface area contributed by atoms with Crippen molar-refractivity contribution in [2.75, 3.05) is 26.7 Å². The number of likely N-dealkylation sites (tertiary alicyclic amines) is 1. The van der Waals surface area contributed by atoms with Crippen molar-refractivity contribution >= 4 is 0 Å². The van der Waals surface area contributed by atoms with Crippen LogP contribution < -0.4 is 5.32 Å². The van der Waals surface area contributed by atoms with E-state index in [1.807, 2.05) is 6.08 Å². The quantitative estimate of drug-likeness (QED) is 0.677. The zero-order chi connectivity index (χ0) is 11.1. The molecule has 0 aliphatic carbocycles. The molecule has 88 valence electrons. The third-order valence-electron chi connectivity index (χ3n) is 3.40. The van der Waals surface area contributed by atoms with Gasteiger partial charge in [0.05, 0.1) is 0 Å². The van der Waals surface area contributed by atoms with Crippen LogP contribution in [-0.2, 0) is 0 Å². The van der Waals surface area contributed by atoms with Crippen LogP contribution in [-0.4, -0.2) is 37.6 Å². The van der Waals surface area contributed by atoms with Gasteiger partial charge < -0.3 is 10.2 Å². The summed E-state index contributed by atoms with van der Waals surface area (Å²) in [4.78, 5) is 2.43. The van der Waals surface area contributed by atoms with Crippen LogP contribution >= 0.6 is 0 Å². The Kier molecular flexibility index (Phi) is 5.96. The van der Waals surface area contributed by atoms with E-state index in [1.54, 1.807) is 0 Å². The Bertz CT molecular complexity index is 171. The van der Waals surface area contributed by atoms with Gasteiger partial charge in [-0.15, -0.1) is 6.58 Å². The van der Waals surface area contributed by atoms with Gasteiger partial charge >= 0.3 is 0 Å². The summed E-state index contributed by atoms with van der Waals surface area (Å²) in [6, 6.07) is 0.641. The molecule has 2 nitrogen and oxygen atoms in total. The molecule has 0 bridgehead atoms. The zero-order valence-corrected chi connectivity index (χ0v) is 10.3. The molecule has 1 fully saturated rings. The number of nitrogens with one attached hydrogen (secondary N) is 1. The number of hydrogen-bond acceptors (Lipinski definition) is 2. The van der Waals surface area contributed by atoms with Crippen LogP contribution in [0.4, 0.5) is 0 Å². The van der Waals surface area contributed by atoms with Gasteiger partial charge in [-0.1, -0.05) is 6.08 Å². The topological polar surface area (TPSA) is 15.3 Å². The third-order valence-corrected chi connectivity index (χ3v) is 3.40. The van der Waals surface area contributed by atoms with E-state index in [-0.39, 0.29) is 0 Å². The molecule has 1 rings (SSSR count). The number of rotatable bonds is 6. The molecule has 0 aromatic rings. The third kappa shape index (κ3) is 5.33. The van der Waals surface area contributed by atoms with Gasteiger partial charge in [-0.3, -0.25) is 0 Å². The van der Waals surface area contributed by atoms with Crippen molar-refractivity contribution in [2.45, 2.75) is 38.6 Å². The van der Waals surface area contributed by atoms with E-state index in [4.69, 9.17) is 0 Å². The Morgan fingerprint density at radius 3 is 2.73 bits per heavy atom. The number of hydrogen-bond donors (Lipinski definition) is 1. The van der Waals surface area contributed by atoms with Crippen LogP contribution in [0.5, 0.6) is 0 Å². The highest BCUT2D eigenvalue weighted by Gasteiger charge is 2.16. The highest BCUT2D eigenvalue weighted by molar-refractivity contribution is 4.75. The molecule has 1 N–H and O–H groups in total. The molecule has 1 aliphatic heterocycles. The Labute approximate surface area is 94.7 Å². The Balaban J connectivity index is 2.06. The van der Waals surface area contributed by atoms with Gasteiger partial charge in [0.1, 0.15) is 0 Å². The molecule has 0 aromatic heterocycles. The van der Waals surface area contributed by atoms with Gasteiger partial charge in [-0.25, -0.2) is 0 Å². The molecule has 0 spiro atoms. The van der Waals surface area contributed by atoms with E-state index in [9.17, 15) is 0 Å². The van der Waals surface area contributed by atoms with Crippen molar-refractivity contribution in [2.24, 2.45) is 5.92 Å². The molecule has 0 radical (unpaired) electrons. The number of allylic oxidation sites excluding steroid dienone is 1. The van der Waals surface area contributed by atoms with Crippen molar-refractivity contribution in [1.29, 1.82) is 0 Å². The summed E-state index contributed by atoms with van der Waals surface area (Å²) in [6.07, 6.45) is 7.07. The van der Waals surface area contributed by atoms with Gasteiger partial charge in [0, 0.05) is 6.04 Å². The summed E-state index contributed by atoms with van der Waals surface area (Å²) in [7, 11) is 2.22. The molecule has 1 saturated heterocycles. The van der Waals surface area contributed by atoms with E-state index in [0.717, 1.165) is 12.3 Å². The maximum Gasteiger partial charge on any atom is 0.00417 e. The molecule has 1 atom stereocenters. The second kappa shape index (κ2) is 7.02. The van der Waals surface area contributed by atoms with Crippen molar-refractivity contribution in [3.8, 4) is 0 Å². The SMILES string of the molecule is C=CCC[C@@H](C)NCC1CCN(C)CC1. The fourth-order valence-electron chi connectivity index (χ4n) is 2.10. The largest absolute Gasteiger partial charge is 0.314 e. The van der Waals surface area contributed by atoms with Gasteiger partial charge in [-0.05, 0) is 65.2 Å². The summed E-state index contributed by atoms with van der Waals surface area (Å²) in [5.41, 5.74) is 0. The molecular formula is C13H26N2. The number of piperidine rings is 1. The smallest absolute Gasteiger partial charge is 0.00417 e. The lowest BCUT2D eigenvalue weighted by Gasteiger charge is -2.29. The Hall–Kier alpha value is -0.340. The van der Waals surface area contributed by atoms with Gasteiger partial charge in [0.2, 0.25) is 0 Å².